The number of nitrogens with one attached hydrogen (secondary N) is 1. The number of hydrogen-bond donors (Lipinski definition) is 2. The van der Waals surface area contributed by atoms with Crippen LogP contribution < -0.4 is 10.5 Å². The van der Waals surface area contributed by atoms with E-state index in [0.29, 0.717) is 11.5 Å². The zero-order chi connectivity index (χ0) is 15.6. The molecular formula is C14H19ClN2O2S2. The van der Waals surface area contributed by atoms with Crippen LogP contribution in [0.25, 0.3) is 0 Å². The maximum absolute atomic E-state index is 12.4. The highest BCUT2D eigenvalue weighted by atomic mass is 35.5. The first-order valence-electron chi connectivity index (χ1n) is 6.93. The molecule has 1 aromatic rings. The summed E-state index contributed by atoms with van der Waals surface area (Å²) in [5.41, 5.74) is 6.01. The molecule has 0 aromatic heterocycles. The highest BCUT2D eigenvalue weighted by Gasteiger charge is 2.27. The van der Waals surface area contributed by atoms with Crippen molar-refractivity contribution in [3.63, 3.8) is 0 Å². The van der Waals surface area contributed by atoms with E-state index in [2.05, 4.69) is 11.6 Å². The lowest BCUT2D eigenvalue weighted by atomic mass is 9.87. The van der Waals surface area contributed by atoms with E-state index < -0.39 is 10.0 Å². The van der Waals surface area contributed by atoms with E-state index in [1.165, 1.54) is 12.1 Å². The van der Waals surface area contributed by atoms with Gasteiger partial charge in [0.15, 0.2) is 0 Å². The van der Waals surface area contributed by atoms with Crippen molar-refractivity contribution in [1.82, 2.24) is 4.72 Å². The predicted molar refractivity (Wildman–Crippen MR) is 89.1 cm³/mol. The summed E-state index contributed by atoms with van der Waals surface area (Å²) < 4.78 is 27.7. The Labute approximate surface area is 136 Å². The van der Waals surface area contributed by atoms with Crippen LogP contribution in [-0.2, 0) is 10.0 Å². The van der Waals surface area contributed by atoms with Crippen molar-refractivity contribution in [1.29, 1.82) is 0 Å². The Morgan fingerprint density at radius 1 is 1.38 bits per heavy atom. The van der Waals surface area contributed by atoms with Crippen molar-refractivity contribution in [2.24, 2.45) is 11.7 Å². The molecule has 2 atom stereocenters. The third kappa shape index (κ3) is 3.94. The minimum atomic E-state index is -3.58. The molecule has 1 saturated carbocycles. The SMILES string of the molecule is CC1CCCCC1NS(=O)(=O)c1ccc(C(N)=S)c(Cl)c1. The van der Waals surface area contributed by atoms with Gasteiger partial charge >= 0.3 is 0 Å². The van der Waals surface area contributed by atoms with Gasteiger partial charge in [0.1, 0.15) is 4.99 Å². The molecule has 0 bridgehead atoms. The Morgan fingerprint density at radius 3 is 2.62 bits per heavy atom. The second-order valence-electron chi connectivity index (χ2n) is 5.50. The largest absolute Gasteiger partial charge is 0.389 e. The van der Waals surface area contributed by atoms with Crippen LogP contribution in [0.15, 0.2) is 23.1 Å². The van der Waals surface area contributed by atoms with Crippen LogP contribution in [0.3, 0.4) is 0 Å². The summed E-state index contributed by atoms with van der Waals surface area (Å²) in [5.74, 6) is 0.347. The summed E-state index contributed by atoms with van der Waals surface area (Å²) >= 11 is 10.9. The average Bonchev–Trinajstić information content (AvgIpc) is 2.40. The van der Waals surface area contributed by atoms with Crippen molar-refractivity contribution in [3.05, 3.63) is 28.8 Å². The molecule has 0 heterocycles. The first-order valence-corrected chi connectivity index (χ1v) is 9.20. The summed E-state index contributed by atoms with van der Waals surface area (Å²) in [6, 6.07) is 4.41. The van der Waals surface area contributed by atoms with Gasteiger partial charge in [-0.3, -0.25) is 0 Å². The van der Waals surface area contributed by atoms with Crippen molar-refractivity contribution in [2.75, 3.05) is 0 Å². The molecule has 0 spiro atoms. The first-order chi connectivity index (χ1) is 9.81. The molecule has 21 heavy (non-hydrogen) atoms. The minimum Gasteiger partial charge on any atom is -0.389 e. The van der Waals surface area contributed by atoms with E-state index in [1.807, 2.05) is 0 Å². The summed E-state index contributed by atoms with van der Waals surface area (Å²) in [6.07, 6.45) is 4.14. The fourth-order valence-corrected chi connectivity index (χ4v) is 4.61. The Morgan fingerprint density at radius 2 is 2.05 bits per heavy atom. The van der Waals surface area contributed by atoms with E-state index in [0.717, 1.165) is 25.7 Å². The number of hydrogen-bond acceptors (Lipinski definition) is 3. The van der Waals surface area contributed by atoms with Gasteiger partial charge in [-0.1, -0.05) is 43.6 Å². The molecule has 116 valence electrons. The molecule has 4 nitrogen and oxygen atoms in total. The van der Waals surface area contributed by atoms with Crippen LogP contribution in [0.2, 0.25) is 5.02 Å². The van der Waals surface area contributed by atoms with Crippen LogP contribution in [0.4, 0.5) is 0 Å². The standard InChI is InChI=1S/C14H19ClN2O2S2/c1-9-4-2-3-5-13(9)17-21(18,19)10-6-7-11(14(16)20)12(15)8-10/h6-9,13,17H,2-5H2,1H3,(H2,16,20). The van der Waals surface area contributed by atoms with E-state index in [4.69, 9.17) is 29.6 Å². The van der Waals surface area contributed by atoms with Gasteiger partial charge in [0, 0.05) is 11.6 Å². The van der Waals surface area contributed by atoms with Crippen LogP contribution in [-0.4, -0.2) is 19.4 Å². The van der Waals surface area contributed by atoms with Crippen LogP contribution in [0.5, 0.6) is 0 Å². The Bertz CT molecular complexity index is 646. The molecule has 1 aliphatic carbocycles. The maximum Gasteiger partial charge on any atom is 0.240 e. The minimum absolute atomic E-state index is 0.0159. The third-order valence-corrected chi connectivity index (χ3v) is 5.95. The summed E-state index contributed by atoms with van der Waals surface area (Å²) in [5, 5.41) is 0.252. The lowest BCUT2D eigenvalue weighted by Gasteiger charge is -2.29. The van der Waals surface area contributed by atoms with Gasteiger partial charge in [-0.2, -0.15) is 0 Å². The maximum atomic E-state index is 12.4. The second-order valence-corrected chi connectivity index (χ2v) is 8.06. The van der Waals surface area contributed by atoms with Crippen LogP contribution in [0.1, 0.15) is 38.2 Å². The number of halogens is 1. The van der Waals surface area contributed by atoms with Gasteiger partial charge < -0.3 is 5.73 Å². The lowest BCUT2D eigenvalue weighted by molar-refractivity contribution is 0.310. The Kier molecular flexibility index (Phi) is 5.24. The molecule has 0 radical (unpaired) electrons. The highest BCUT2D eigenvalue weighted by Crippen LogP contribution is 2.26. The molecule has 2 unspecified atom stereocenters. The molecule has 1 fully saturated rings. The van der Waals surface area contributed by atoms with Gasteiger partial charge in [0.25, 0.3) is 0 Å². The summed E-state index contributed by atoms with van der Waals surface area (Å²) in [4.78, 5) is 0.295. The number of thiocarbonyl (C=S) groups is 1. The lowest BCUT2D eigenvalue weighted by Crippen LogP contribution is -2.41. The molecule has 7 heteroatoms. The quantitative estimate of drug-likeness (QED) is 0.822. The third-order valence-electron chi connectivity index (χ3n) is 3.93. The number of nitrogens with two attached hydrogens (primary N) is 1. The van der Waals surface area contributed by atoms with Crippen molar-refractivity contribution in [2.45, 2.75) is 43.5 Å². The number of benzene rings is 1. The topological polar surface area (TPSA) is 72.2 Å². The fraction of sp³-hybridized carbons (Fsp3) is 0.500. The van der Waals surface area contributed by atoms with Crippen molar-refractivity contribution in [3.8, 4) is 0 Å². The monoisotopic (exact) mass is 346 g/mol. The zero-order valence-corrected chi connectivity index (χ0v) is 14.2. The van der Waals surface area contributed by atoms with E-state index in [9.17, 15) is 8.42 Å². The molecular weight excluding hydrogens is 328 g/mol. The smallest absolute Gasteiger partial charge is 0.240 e. The van der Waals surface area contributed by atoms with Gasteiger partial charge in [0.2, 0.25) is 10.0 Å². The molecule has 0 amide bonds. The summed E-state index contributed by atoms with van der Waals surface area (Å²) in [7, 11) is -3.58. The highest BCUT2D eigenvalue weighted by molar-refractivity contribution is 7.89. The molecule has 1 aliphatic rings. The second kappa shape index (κ2) is 6.60. The zero-order valence-electron chi connectivity index (χ0n) is 11.8. The summed E-state index contributed by atoms with van der Waals surface area (Å²) in [6.45, 7) is 2.08. The van der Waals surface area contributed by atoms with Gasteiger partial charge in [-0.15, -0.1) is 0 Å². The van der Waals surface area contributed by atoms with Crippen molar-refractivity contribution >= 4 is 38.8 Å². The molecule has 0 saturated heterocycles. The van der Waals surface area contributed by atoms with E-state index in [1.54, 1.807) is 6.07 Å². The van der Waals surface area contributed by atoms with Gasteiger partial charge in [0.05, 0.1) is 9.92 Å². The van der Waals surface area contributed by atoms with Gasteiger partial charge in [-0.25, -0.2) is 13.1 Å². The average molecular weight is 347 g/mol. The van der Waals surface area contributed by atoms with Crippen LogP contribution >= 0.6 is 23.8 Å². The predicted octanol–water partition coefficient (Wildman–Crippen LogP) is 2.83. The Balaban J connectivity index is 2.23. The molecule has 0 aliphatic heterocycles. The Hall–Kier alpha value is -0.690. The fourth-order valence-electron chi connectivity index (χ4n) is 2.62. The number of sulfonamides is 1. The van der Waals surface area contributed by atoms with Crippen molar-refractivity contribution < 1.29 is 8.42 Å². The normalized spacial score (nSPS) is 23.0. The van der Waals surface area contributed by atoms with E-state index >= 15 is 0 Å². The van der Waals surface area contributed by atoms with Crippen LogP contribution in [0, 0.1) is 5.92 Å². The molecule has 1 aromatic carbocycles. The van der Waals surface area contributed by atoms with Gasteiger partial charge in [-0.05, 0) is 37.0 Å². The number of rotatable bonds is 4. The van der Waals surface area contributed by atoms with E-state index in [-0.39, 0.29) is 20.9 Å². The first kappa shape index (κ1) is 16.7. The molecule has 2 rings (SSSR count). The molecule has 3 N–H and O–H groups in total.